The lowest BCUT2D eigenvalue weighted by atomic mass is 10.1. The van der Waals surface area contributed by atoms with Crippen LogP contribution in [0.5, 0.6) is 0 Å². The van der Waals surface area contributed by atoms with Gasteiger partial charge in [0.05, 0.1) is 6.26 Å². The Kier molecular flexibility index (Phi) is 1.84. The number of aliphatic hydroxyl groups is 1. The first-order valence-electron chi connectivity index (χ1n) is 3.98. The van der Waals surface area contributed by atoms with Crippen LogP contribution in [0.3, 0.4) is 0 Å². The highest BCUT2D eigenvalue weighted by atomic mass is 16.3. The molecule has 0 saturated heterocycles. The van der Waals surface area contributed by atoms with Crippen molar-refractivity contribution in [1.29, 1.82) is 0 Å². The fraction of sp³-hybridized carbons (Fsp3) is 0.200. The van der Waals surface area contributed by atoms with E-state index in [0.29, 0.717) is 6.42 Å². The van der Waals surface area contributed by atoms with Crippen LogP contribution < -0.4 is 0 Å². The Morgan fingerprint density at radius 3 is 3.00 bits per heavy atom. The van der Waals surface area contributed by atoms with Crippen molar-refractivity contribution in [3.8, 4) is 0 Å². The number of fused-ring (bicyclic) bond motifs is 1. The highest BCUT2D eigenvalue weighted by Gasteiger charge is 2.01. The first kappa shape index (κ1) is 7.37. The maximum atomic E-state index is 8.79. The number of aliphatic hydroxyl groups excluding tert-OH is 1. The zero-order valence-electron chi connectivity index (χ0n) is 6.66. The minimum absolute atomic E-state index is 0.185. The number of furan rings is 1. The minimum Gasteiger partial charge on any atom is -0.464 e. The molecule has 0 bridgehead atoms. The molecule has 62 valence electrons. The van der Waals surface area contributed by atoms with Gasteiger partial charge in [-0.3, -0.25) is 0 Å². The Balaban J connectivity index is 2.57. The molecule has 0 aliphatic heterocycles. The van der Waals surface area contributed by atoms with Crippen LogP contribution in [0.15, 0.2) is 34.9 Å². The van der Waals surface area contributed by atoms with Crippen molar-refractivity contribution in [1.82, 2.24) is 0 Å². The van der Waals surface area contributed by atoms with Gasteiger partial charge in [0, 0.05) is 12.0 Å². The number of rotatable bonds is 2. The highest BCUT2D eigenvalue weighted by molar-refractivity contribution is 5.80. The molecule has 2 heteroatoms. The van der Waals surface area contributed by atoms with Gasteiger partial charge in [0.15, 0.2) is 0 Å². The molecule has 0 saturated carbocycles. The quantitative estimate of drug-likeness (QED) is 0.732. The van der Waals surface area contributed by atoms with Gasteiger partial charge in [0.2, 0.25) is 0 Å². The van der Waals surface area contributed by atoms with Gasteiger partial charge in [-0.2, -0.15) is 0 Å². The van der Waals surface area contributed by atoms with E-state index in [1.54, 1.807) is 6.26 Å². The molecule has 2 aromatic rings. The van der Waals surface area contributed by atoms with Crippen LogP contribution in [0.1, 0.15) is 5.56 Å². The summed E-state index contributed by atoms with van der Waals surface area (Å²) in [5.41, 5.74) is 2.03. The summed E-state index contributed by atoms with van der Waals surface area (Å²) in [6.45, 7) is 0.185. The van der Waals surface area contributed by atoms with Crippen LogP contribution in [-0.4, -0.2) is 11.7 Å². The molecule has 1 heterocycles. The van der Waals surface area contributed by atoms with Gasteiger partial charge in [0.25, 0.3) is 0 Å². The minimum atomic E-state index is 0.185. The fourth-order valence-electron chi connectivity index (χ4n) is 1.40. The molecule has 12 heavy (non-hydrogen) atoms. The molecular formula is C10H10O2. The second-order valence-corrected chi connectivity index (χ2v) is 2.72. The summed E-state index contributed by atoms with van der Waals surface area (Å²) in [5.74, 6) is 0. The molecule has 0 radical (unpaired) electrons. The lowest BCUT2D eigenvalue weighted by Crippen LogP contribution is -1.89. The topological polar surface area (TPSA) is 33.4 Å². The van der Waals surface area contributed by atoms with Crippen LogP contribution in [0.4, 0.5) is 0 Å². The monoisotopic (exact) mass is 162 g/mol. The SMILES string of the molecule is OCCc1cccc2occc12. The van der Waals surface area contributed by atoms with E-state index in [1.165, 1.54) is 0 Å². The summed E-state index contributed by atoms with van der Waals surface area (Å²) in [6.07, 6.45) is 2.36. The molecule has 0 atom stereocenters. The summed E-state index contributed by atoms with van der Waals surface area (Å²) in [4.78, 5) is 0. The van der Waals surface area contributed by atoms with Crippen molar-refractivity contribution in [2.45, 2.75) is 6.42 Å². The van der Waals surface area contributed by atoms with Crippen LogP contribution in [0.25, 0.3) is 11.0 Å². The summed E-state index contributed by atoms with van der Waals surface area (Å²) in [5, 5.41) is 9.89. The Labute approximate surface area is 70.4 Å². The number of benzene rings is 1. The van der Waals surface area contributed by atoms with Gasteiger partial charge in [0.1, 0.15) is 5.58 Å². The largest absolute Gasteiger partial charge is 0.464 e. The van der Waals surface area contributed by atoms with Crippen LogP contribution in [0.2, 0.25) is 0 Å². The molecule has 0 spiro atoms. The Hall–Kier alpha value is -1.28. The second kappa shape index (κ2) is 2.99. The normalized spacial score (nSPS) is 10.8. The van der Waals surface area contributed by atoms with Gasteiger partial charge in [-0.15, -0.1) is 0 Å². The van der Waals surface area contributed by atoms with Gasteiger partial charge < -0.3 is 9.52 Å². The van der Waals surface area contributed by atoms with Gasteiger partial charge in [-0.1, -0.05) is 12.1 Å². The third-order valence-electron chi connectivity index (χ3n) is 1.97. The fourth-order valence-corrected chi connectivity index (χ4v) is 1.40. The Bertz CT molecular complexity index is 376. The molecule has 1 N–H and O–H groups in total. The molecule has 0 aliphatic rings. The van der Waals surface area contributed by atoms with Gasteiger partial charge in [-0.25, -0.2) is 0 Å². The average molecular weight is 162 g/mol. The lowest BCUT2D eigenvalue weighted by molar-refractivity contribution is 0.300. The summed E-state index contributed by atoms with van der Waals surface area (Å²) in [7, 11) is 0. The van der Waals surface area contributed by atoms with Crippen molar-refractivity contribution in [2.24, 2.45) is 0 Å². The zero-order valence-corrected chi connectivity index (χ0v) is 6.66. The molecule has 0 unspecified atom stereocenters. The third-order valence-corrected chi connectivity index (χ3v) is 1.97. The molecule has 2 rings (SSSR count). The molecule has 2 nitrogen and oxygen atoms in total. The molecule has 1 aromatic carbocycles. The number of hydrogen-bond donors (Lipinski definition) is 1. The van der Waals surface area contributed by atoms with Gasteiger partial charge >= 0.3 is 0 Å². The molecule has 0 fully saturated rings. The maximum Gasteiger partial charge on any atom is 0.134 e. The maximum absolute atomic E-state index is 8.79. The van der Waals surface area contributed by atoms with Crippen LogP contribution >= 0.6 is 0 Å². The molecular weight excluding hydrogens is 152 g/mol. The zero-order chi connectivity index (χ0) is 8.39. The molecule has 0 aliphatic carbocycles. The average Bonchev–Trinajstić information content (AvgIpc) is 2.53. The first-order valence-corrected chi connectivity index (χ1v) is 3.98. The van der Waals surface area contributed by atoms with Crippen molar-refractivity contribution >= 4 is 11.0 Å². The summed E-state index contributed by atoms with van der Waals surface area (Å²) >= 11 is 0. The van der Waals surface area contributed by atoms with E-state index < -0.39 is 0 Å². The van der Waals surface area contributed by atoms with Crippen molar-refractivity contribution in [3.05, 3.63) is 36.1 Å². The van der Waals surface area contributed by atoms with E-state index in [-0.39, 0.29) is 6.61 Å². The second-order valence-electron chi connectivity index (χ2n) is 2.72. The van der Waals surface area contributed by atoms with E-state index in [0.717, 1.165) is 16.5 Å². The summed E-state index contributed by atoms with van der Waals surface area (Å²) in [6, 6.07) is 7.81. The van der Waals surface area contributed by atoms with Crippen LogP contribution in [0, 0.1) is 0 Å². The predicted octanol–water partition coefficient (Wildman–Crippen LogP) is 1.97. The smallest absolute Gasteiger partial charge is 0.134 e. The Morgan fingerprint density at radius 1 is 1.25 bits per heavy atom. The van der Waals surface area contributed by atoms with E-state index in [4.69, 9.17) is 9.52 Å². The van der Waals surface area contributed by atoms with Crippen molar-refractivity contribution < 1.29 is 9.52 Å². The third kappa shape index (κ3) is 1.10. The van der Waals surface area contributed by atoms with E-state index >= 15 is 0 Å². The van der Waals surface area contributed by atoms with Crippen molar-refractivity contribution in [2.75, 3.05) is 6.61 Å². The van der Waals surface area contributed by atoms with E-state index in [9.17, 15) is 0 Å². The predicted molar refractivity (Wildman–Crippen MR) is 47.0 cm³/mol. The standard InChI is InChI=1S/C10H10O2/c11-6-4-8-2-1-3-10-9(8)5-7-12-10/h1-3,5,7,11H,4,6H2. The van der Waals surface area contributed by atoms with Gasteiger partial charge in [-0.05, 0) is 24.1 Å². The summed E-state index contributed by atoms with van der Waals surface area (Å²) < 4.78 is 5.22. The van der Waals surface area contributed by atoms with E-state index in [2.05, 4.69) is 0 Å². The highest BCUT2D eigenvalue weighted by Crippen LogP contribution is 2.19. The Morgan fingerprint density at radius 2 is 2.17 bits per heavy atom. The number of hydrogen-bond acceptors (Lipinski definition) is 2. The van der Waals surface area contributed by atoms with Crippen LogP contribution in [-0.2, 0) is 6.42 Å². The lowest BCUT2D eigenvalue weighted by Gasteiger charge is -1.98. The molecule has 0 amide bonds. The first-order chi connectivity index (χ1) is 5.92. The van der Waals surface area contributed by atoms with Crippen molar-refractivity contribution in [3.63, 3.8) is 0 Å². The van der Waals surface area contributed by atoms with E-state index in [1.807, 2.05) is 24.3 Å². The molecule has 1 aromatic heterocycles.